The number of ether oxygens (including phenoxy) is 2. The Morgan fingerprint density at radius 2 is 2.37 bits per heavy atom. The fraction of sp³-hybridized carbons (Fsp3) is 0.769. The monoisotopic (exact) mass is 288 g/mol. The average molecular weight is 289 g/mol. The van der Waals surface area contributed by atoms with Gasteiger partial charge in [-0.3, -0.25) is 4.79 Å². The van der Waals surface area contributed by atoms with E-state index in [1.54, 1.807) is 6.26 Å². The third-order valence-electron chi connectivity index (χ3n) is 3.81. The van der Waals surface area contributed by atoms with Crippen LogP contribution in [0.5, 0.6) is 0 Å². The summed E-state index contributed by atoms with van der Waals surface area (Å²) in [7, 11) is 0. The van der Waals surface area contributed by atoms with E-state index in [1.165, 1.54) is 0 Å². The highest BCUT2D eigenvalue weighted by molar-refractivity contribution is 6.34. The molecule has 0 aromatic carbocycles. The molecule has 0 radical (unpaired) electrons. The number of alkyl halides is 1. The molecule has 2 rings (SSSR count). The number of carbonyl (C=O) groups excluding carboxylic acids is 1. The summed E-state index contributed by atoms with van der Waals surface area (Å²) in [4.78, 5) is 15.9. The molecule has 2 unspecified atom stereocenters. The lowest BCUT2D eigenvalue weighted by Gasteiger charge is -2.61. The molecule has 0 spiro atoms. The van der Waals surface area contributed by atoms with E-state index in [0.29, 0.717) is 26.5 Å². The number of hydrogen-bond acceptors (Lipinski definition) is 4. The van der Waals surface area contributed by atoms with E-state index < -0.39 is 11.0 Å². The van der Waals surface area contributed by atoms with Crippen LogP contribution in [0.15, 0.2) is 12.5 Å². The highest BCUT2D eigenvalue weighted by Crippen LogP contribution is 2.45. The lowest BCUT2D eigenvalue weighted by Crippen LogP contribution is -2.80. The van der Waals surface area contributed by atoms with Crippen molar-refractivity contribution in [1.29, 1.82) is 0 Å². The Kier molecular flexibility index (Phi) is 4.26. The summed E-state index contributed by atoms with van der Waals surface area (Å²) in [5.41, 5.74) is -0.511. The van der Waals surface area contributed by atoms with Gasteiger partial charge in [0.1, 0.15) is 11.9 Å². The van der Waals surface area contributed by atoms with Crippen molar-refractivity contribution in [2.24, 2.45) is 5.92 Å². The molecule has 108 valence electrons. The van der Waals surface area contributed by atoms with Crippen LogP contribution < -0.4 is 0 Å². The van der Waals surface area contributed by atoms with E-state index in [1.807, 2.05) is 22.9 Å². The maximum Gasteiger partial charge on any atom is 0.247 e. The molecule has 2 atom stereocenters. The molecule has 2 heterocycles. The zero-order chi connectivity index (χ0) is 14.0. The molecule has 0 N–H and O–H groups in total. The maximum absolute atomic E-state index is 12.1. The summed E-state index contributed by atoms with van der Waals surface area (Å²) >= 11 is 6.34. The molecule has 1 fully saturated rings. The quantitative estimate of drug-likeness (QED) is 0.423. The molecule has 0 bridgehead atoms. The van der Waals surface area contributed by atoms with Crippen LogP contribution in [0.25, 0.3) is 0 Å². The van der Waals surface area contributed by atoms with E-state index >= 15 is 0 Å². The second-order valence-electron chi connectivity index (χ2n) is 5.04. The minimum absolute atomic E-state index is 0.0321. The summed E-state index contributed by atoms with van der Waals surface area (Å²) < 4.78 is 10.6. The fourth-order valence-electron chi connectivity index (χ4n) is 2.90. The van der Waals surface area contributed by atoms with E-state index in [9.17, 15) is 4.79 Å². The molecule has 0 aromatic heterocycles. The Bertz CT molecular complexity index is 375. The summed E-state index contributed by atoms with van der Waals surface area (Å²) in [6.07, 6.45) is 3.49. The predicted octanol–water partition coefficient (Wildman–Crippen LogP) is 1.59. The number of amides is 1. The van der Waals surface area contributed by atoms with Crippen molar-refractivity contribution in [2.45, 2.75) is 31.8 Å². The third-order valence-corrected chi connectivity index (χ3v) is 4.32. The molecule has 19 heavy (non-hydrogen) atoms. The third kappa shape index (κ3) is 2.09. The number of likely N-dealkylation sites (tertiary alicyclic amines) is 1. The minimum Gasteiger partial charge on any atom is -0.479 e. The first-order valence-corrected chi connectivity index (χ1v) is 7.08. The van der Waals surface area contributed by atoms with Gasteiger partial charge in [-0.15, -0.1) is 11.6 Å². The normalized spacial score (nSPS) is 29.9. The van der Waals surface area contributed by atoms with E-state index in [0.717, 1.165) is 0 Å². The van der Waals surface area contributed by atoms with Crippen LogP contribution in [-0.2, 0) is 14.3 Å². The van der Waals surface area contributed by atoms with Gasteiger partial charge in [-0.1, -0.05) is 13.8 Å². The Labute approximate surface area is 119 Å². The first-order valence-electron chi connectivity index (χ1n) is 6.65. The molecule has 0 aliphatic carbocycles. The van der Waals surface area contributed by atoms with Gasteiger partial charge in [-0.05, 0) is 12.8 Å². The van der Waals surface area contributed by atoms with Crippen molar-refractivity contribution in [3.63, 3.8) is 0 Å². The first-order chi connectivity index (χ1) is 9.06. The Hall–Kier alpha value is -0.940. The molecular weight excluding hydrogens is 268 g/mol. The van der Waals surface area contributed by atoms with Crippen LogP contribution in [0.4, 0.5) is 0 Å². The van der Waals surface area contributed by atoms with Gasteiger partial charge in [-0.25, -0.2) is 0 Å². The Morgan fingerprint density at radius 1 is 1.63 bits per heavy atom. The molecule has 5 nitrogen and oxygen atoms in total. The standard InChI is InChI=1S/C13H21ClN2O3/c1-4-18-8-6-16-12(17)11(14)13(16,10(2)3)15-5-7-19-9-15/h5,7,10-11H,4,6,8-9H2,1-3H3. The van der Waals surface area contributed by atoms with Crippen molar-refractivity contribution in [3.05, 3.63) is 12.5 Å². The molecule has 1 saturated heterocycles. The van der Waals surface area contributed by atoms with Crippen LogP contribution in [0, 0.1) is 5.92 Å². The van der Waals surface area contributed by atoms with Crippen molar-refractivity contribution < 1.29 is 14.3 Å². The molecule has 1 amide bonds. The zero-order valence-corrected chi connectivity index (χ0v) is 12.4. The molecule has 2 aliphatic rings. The second kappa shape index (κ2) is 5.59. The van der Waals surface area contributed by atoms with Crippen LogP contribution in [0.1, 0.15) is 20.8 Å². The van der Waals surface area contributed by atoms with Gasteiger partial charge >= 0.3 is 0 Å². The SMILES string of the molecule is CCOCCN1C(=O)C(Cl)C1(C(C)C)N1C=COC1. The summed E-state index contributed by atoms with van der Waals surface area (Å²) in [5.74, 6) is 0.163. The number of rotatable bonds is 6. The van der Waals surface area contributed by atoms with E-state index in [-0.39, 0.29) is 11.8 Å². The number of hydrogen-bond donors (Lipinski definition) is 0. The smallest absolute Gasteiger partial charge is 0.247 e. The van der Waals surface area contributed by atoms with Gasteiger partial charge in [0.15, 0.2) is 12.1 Å². The van der Waals surface area contributed by atoms with Crippen molar-refractivity contribution in [1.82, 2.24) is 9.80 Å². The number of halogens is 1. The number of β-lactam (4-membered cyclic amide) rings is 1. The van der Waals surface area contributed by atoms with Crippen LogP contribution in [0.2, 0.25) is 0 Å². The summed E-state index contributed by atoms with van der Waals surface area (Å²) in [5, 5.41) is -0.541. The van der Waals surface area contributed by atoms with Crippen LogP contribution >= 0.6 is 11.6 Å². The number of carbonyl (C=O) groups is 1. The first kappa shape index (κ1) is 14.5. The second-order valence-corrected chi connectivity index (χ2v) is 5.47. The van der Waals surface area contributed by atoms with E-state index in [2.05, 4.69) is 13.8 Å². The van der Waals surface area contributed by atoms with E-state index in [4.69, 9.17) is 21.1 Å². The van der Waals surface area contributed by atoms with Gasteiger partial charge in [-0.2, -0.15) is 0 Å². The van der Waals surface area contributed by atoms with Crippen LogP contribution in [0.3, 0.4) is 0 Å². The van der Waals surface area contributed by atoms with Gasteiger partial charge < -0.3 is 19.3 Å². The van der Waals surface area contributed by atoms with Gasteiger partial charge in [0, 0.05) is 19.4 Å². The van der Waals surface area contributed by atoms with Gasteiger partial charge in [0.05, 0.1) is 6.61 Å². The summed E-state index contributed by atoms with van der Waals surface area (Å²) in [6.45, 7) is 8.24. The molecule has 0 saturated carbocycles. The van der Waals surface area contributed by atoms with Crippen molar-refractivity contribution >= 4 is 17.5 Å². The molecule has 0 aromatic rings. The highest BCUT2D eigenvalue weighted by Gasteiger charge is 2.64. The maximum atomic E-state index is 12.1. The molecule has 6 heteroatoms. The Balaban J connectivity index is 2.18. The van der Waals surface area contributed by atoms with Crippen molar-refractivity contribution in [2.75, 3.05) is 26.5 Å². The van der Waals surface area contributed by atoms with Crippen molar-refractivity contribution in [3.8, 4) is 0 Å². The van der Waals surface area contributed by atoms with Crippen LogP contribution in [-0.4, -0.2) is 53.2 Å². The molecule has 2 aliphatic heterocycles. The Morgan fingerprint density at radius 3 is 2.89 bits per heavy atom. The lowest BCUT2D eigenvalue weighted by molar-refractivity contribution is -0.187. The predicted molar refractivity (Wildman–Crippen MR) is 72.3 cm³/mol. The lowest BCUT2D eigenvalue weighted by atomic mass is 9.81. The summed E-state index contributed by atoms with van der Waals surface area (Å²) in [6, 6.07) is 0. The topological polar surface area (TPSA) is 42.0 Å². The van der Waals surface area contributed by atoms with Gasteiger partial charge in [0.2, 0.25) is 5.91 Å². The highest BCUT2D eigenvalue weighted by atomic mass is 35.5. The fourth-order valence-corrected chi connectivity index (χ4v) is 3.51. The largest absolute Gasteiger partial charge is 0.479 e. The molecular formula is C13H21ClN2O3. The zero-order valence-electron chi connectivity index (χ0n) is 11.6. The van der Waals surface area contributed by atoms with Gasteiger partial charge in [0.25, 0.3) is 0 Å². The number of nitrogens with zero attached hydrogens (tertiary/aromatic N) is 2. The average Bonchev–Trinajstić information content (AvgIpc) is 2.90. The minimum atomic E-state index is -0.541.